The molecule has 0 spiro atoms. The molecular weight excluding hydrogens is 429 g/mol. The SMILES string of the molecule is CC(C)(O)c1ccc(-c2ccc3c(n2)CC=C3NC(=O)Cc2ccc(C(F)(F)F)cc2)cc1. The number of alkyl halides is 3. The lowest BCUT2D eigenvalue weighted by Gasteiger charge is -2.18. The van der Waals surface area contributed by atoms with Crippen LogP contribution in [0.2, 0.25) is 0 Å². The Morgan fingerprint density at radius 1 is 0.970 bits per heavy atom. The van der Waals surface area contributed by atoms with Crippen molar-refractivity contribution in [3.8, 4) is 11.3 Å². The lowest BCUT2D eigenvalue weighted by Crippen LogP contribution is -2.23. The van der Waals surface area contributed by atoms with E-state index in [2.05, 4.69) is 5.32 Å². The molecule has 0 aliphatic heterocycles. The number of benzene rings is 2. The van der Waals surface area contributed by atoms with Gasteiger partial charge in [0.15, 0.2) is 0 Å². The molecule has 1 amide bonds. The topological polar surface area (TPSA) is 62.2 Å². The van der Waals surface area contributed by atoms with E-state index >= 15 is 0 Å². The molecular formula is C26H23F3N2O2. The average Bonchev–Trinajstić information content (AvgIpc) is 3.15. The molecule has 3 aromatic rings. The van der Waals surface area contributed by atoms with Crippen LogP contribution in [0.1, 0.15) is 41.8 Å². The number of hydrogen-bond donors (Lipinski definition) is 2. The Morgan fingerprint density at radius 2 is 1.61 bits per heavy atom. The second kappa shape index (κ2) is 8.48. The van der Waals surface area contributed by atoms with E-state index in [-0.39, 0.29) is 12.3 Å². The highest BCUT2D eigenvalue weighted by Crippen LogP contribution is 2.30. The molecule has 0 fully saturated rings. The summed E-state index contributed by atoms with van der Waals surface area (Å²) in [4.78, 5) is 17.2. The molecule has 170 valence electrons. The van der Waals surface area contributed by atoms with Crippen LogP contribution in [0.3, 0.4) is 0 Å². The van der Waals surface area contributed by atoms with Crippen molar-refractivity contribution in [1.82, 2.24) is 10.3 Å². The first-order valence-corrected chi connectivity index (χ1v) is 10.5. The van der Waals surface area contributed by atoms with Crippen molar-refractivity contribution in [3.05, 3.63) is 94.7 Å². The number of carbonyl (C=O) groups excluding carboxylic acids is 1. The number of rotatable bonds is 5. The van der Waals surface area contributed by atoms with Gasteiger partial charge in [-0.05, 0) is 49.2 Å². The fourth-order valence-electron chi connectivity index (χ4n) is 3.73. The van der Waals surface area contributed by atoms with Crippen LogP contribution in [0.5, 0.6) is 0 Å². The van der Waals surface area contributed by atoms with Gasteiger partial charge in [-0.3, -0.25) is 9.78 Å². The van der Waals surface area contributed by atoms with Gasteiger partial charge in [-0.25, -0.2) is 0 Å². The molecule has 2 N–H and O–H groups in total. The molecule has 0 saturated carbocycles. The number of fused-ring (bicyclic) bond motifs is 1. The first kappa shape index (κ1) is 22.7. The number of aromatic nitrogens is 1. The molecule has 0 unspecified atom stereocenters. The summed E-state index contributed by atoms with van der Waals surface area (Å²) in [6.07, 6.45) is -1.98. The molecule has 0 radical (unpaired) electrons. The van der Waals surface area contributed by atoms with Gasteiger partial charge >= 0.3 is 6.18 Å². The first-order chi connectivity index (χ1) is 15.5. The van der Waals surface area contributed by atoms with Crippen LogP contribution in [0, 0.1) is 0 Å². The molecule has 2 aromatic carbocycles. The summed E-state index contributed by atoms with van der Waals surface area (Å²) in [5.41, 5.74) is 3.69. The van der Waals surface area contributed by atoms with Gasteiger partial charge < -0.3 is 10.4 Å². The minimum atomic E-state index is -4.40. The van der Waals surface area contributed by atoms with E-state index in [4.69, 9.17) is 4.98 Å². The Morgan fingerprint density at radius 3 is 2.21 bits per heavy atom. The largest absolute Gasteiger partial charge is 0.416 e. The molecule has 4 rings (SSSR count). The molecule has 7 heteroatoms. The van der Waals surface area contributed by atoms with E-state index in [1.54, 1.807) is 13.8 Å². The normalized spacial score (nSPS) is 13.5. The Labute approximate surface area is 189 Å². The monoisotopic (exact) mass is 452 g/mol. The second-order valence-electron chi connectivity index (χ2n) is 8.57. The lowest BCUT2D eigenvalue weighted by atomic mass is 9.96. The molecule has 0 saturated heterocycles. The van der Waals surface area contributed by atoms with E-state index in [1.807, 2.05) is 42.5 Å². The first-order valence-electron chi connectivity index (χ1n) is 10.5. The Balaban J connectivity index is 1.43. The van der Waals surface area contributed by atoms with Gasteiger partial charge in [0, 0.05) is 23.2 Å². The second-order valence-corrected chi connectivity index (χ2v) is 8.57. The summed E-state index contributed by atoms with van der Waals surface area (Å²) in [6, 6.07) is 15.9. The van der Waals surface area contributed by atoms with Gasteiger partial charge in [0.1, 0.15) is 0 Å². The van der Waals surface area contributed by atoms with Crippen LogP contribution in [0.4, 0.5) is 13.2 Å². The van der Waals surface area contributed by atoms with E-state index in [1.165, 1.54) is 12.1 Å². The number of pyridine rings is 1. The molecule has 4 nitrogen and oxygen atoms in total. The van der Waals surface area contributed by atoms with Crippen molar-refractivity contribution in [2.75, 3.05) is 0 Å². The summed E-state index contributed by atoms with van der Waals surface area (Å²) in [7, 11) is 0. The van der Waals surface area contributed by atoms with Crippen LogP contribution >= 0.6 is 0 Å². The zero-order chi connectivity index (χ0) is 23.8. The lowest BCUT2D eigenvalue weighted by molar-refractivity contribution is -0.137. The van der Waals surface area contributed by atoms with Gasteiger partial charge in [-0.15, -0.1) is 0 Å². The van der Waals surface area contributed by atoms with Gasteiger partial charge in [-0.1, -0.05) is 42.5 Å². The van der Waals surface area contributed by atoms with Crippen LogP contribution in [0.25, 0.3) is 17.0 Å². The van der Waals surface area contributed by atoms with Gasteiger partial charge in [-0.2, -0.15) is 13.2 Å². The molecule has 33 heavy (non-hydrogen) atoms. The third-order valence-corrected chi connectivity index (χ3v) is 5.57. The maximum Gasteiger partial charge on any atom is 0.416 e. The number of hydrogen-bond acceptors (Lipinski definition) is 3. The van der Waals surface area contributed by atoms with Crippen molar-refractivity contribution in [1.29, 1.82) is 0 Å². The molecule has 1 aromatic heterocycles. The van der Waals surface area contributed by atoms with Crippen LogP contribution in [0.15, 0.2) is 66.7 Å². The average molecular weight is 452 g/mol. The standard InChI is InChI=1S/C26H23F3N2O2/c1-25(2,33)18-9-5-17(6-10-18)21-12-11-20-22(30-21)13-14-23(20)31-24(32)15-16-3-7-19(8-4-16)26(27,28)29/h3-12,14,33H,13,15H2,1-2H3,(H,31,32). The smallest absolute Gasteiger partial charge is 0.386 e. The fraction of sp³-hybridized carbons (Fsp3) is 0.231. The van der Waals surface area contributed by atoms with E-state index in [9.17, 15) is 23.1 Å². The zero-order valence-corrected chi connectivity index (χ0v) is 18.2. The van der Waals surface area contributed by atoms with Crippen molar-refractivity contribution in [2.45, 2.75) is 38.5 Å². The van der Waals surface area contributed by atoms with E-state index in [0.29, 0.717) is 17.7 Å². The third-order valence-electron chi connectivity index (χ3n) is 5.57. The zero-order valence-electron chi connectivity index (χ0n) is 18.2. The quantitative estimate of drug-likeness (QED) is 0.556. The van der Waals surface area contributed by atoms with E-state index in [0.717, 1.165) is 40.2 Å². The highest BCUT2D eigenvalue weighted by atomic mass is 19.4. The van der Waals surface area contributed by atoms with Crippen molar-refractivity contribution >= 4 is 11.6 Å². The maximum absolute atomic E-state index is 12.7. The Hall–Kier alpha value is -3.45. The highest BCUT2D eigenvalue weighted by Gasteiger charge is 2.30. The van der Waals surface area contributed by atoms with Crippen LogP contribution < -0.4 is 5.32 Å². The van der Waals surface area contributed by atoms with Gasteiger partial charge in [0.2, 0.25) is 5.91 Å². The predicted molar refractivity (Wildman–Crippen MR) is 120 cm³/mol. The molecule has 0 bridgehead atoms. The van der Waals surface area contributed by atoms with Gasteiger partial charge in [0.25, 0.3) is 0 Å². The van der Waals surface area contributed by atoms with E-state index < -0.39 is 17.3 Å². The van der Waals surface area contributed by atoms with Crippen molar-refractivity contribution < 1.29 is 23.1 Å². The predicted octanol–water partition coefficient (Wildman–Crippen LogP) is 5.25. The van der Waals surface area contributed by atoms with Crippen molar-refractivity contribution in [3.63, 3.8) is 0 Å². The fourth-order valence-corrected chi connectivity index (χ4v) is 3.73. The summed E-state index contributed by atoms with van der Waals surface area (Å²) in [5.74, 6) is -0.305. The third kappa shape index (κ3) is 5.14. The number of nitrogens with zero attached hydrogens (tertiary/aromatic N) is 1. The molecule has 1 heterocycles. The minimum Gasteiger partial charge on any atom is -0.386 e. The molecule has 1 aliphatic carbocycles. The number of nitrogens with one attached hydrogen (secondary N) is 1. The highest BCUT2D eigenvalue weighted by molar-refractivity contribution is 5.89. The van der Waals surface area contributed by atoms with Gasteiger partial charge in [0.05, 0.1) is 29.0 Å². The summed E-state index contributed by atoms with van der Waals surface area (Å²) >= 11 is 0. The van der Waals surface area contributed by atoms with Crippen LogP contribution in [-0.4, -0.2) is 16.0 Å². The minimum absolute atomic E-state index is 0.0239. The van der Waals surface area contributed by atoms with Crippen LogP contribution in [-0.2, 0) is 29.4 Å². The summed E-state index contributed by atoms with van der Waals surface area (Å²) < 4.78 is 38.1. The molecule has 1 aliphatic rings. The van der Waals surface area contributed by atoms with Crippen molar-refractivity contribution in [2.24, 2.45) is 0 Å². The number of carbonyl (C=O) groups is 1. The molecule has 0 atom stereocenters. The Kier molecular flexibility index (Phi) is 5.84. The number of allylic oxidation sites excluding steroid dienone is 1. The maximum atomic E-state index is 12.7. The number of amides is 1. The number of aliphatic hydroxyl groups is 1. The summed E-state index contributed by atoms with van der Waals surface area (Å²) in [6.45, 7) is 3.46. The summed E-state index contributed by atoms with van der Waals surface area (Å²) in [5, 5.41) is 13.0. The Bertz CT molecular complexity index is 1210. The number of halogens is 3.